The third-order valence-corrected chi connectivity index (χ3v) is 6.94. The van der Waals surface area contributed by atoms with E-state index in [-0.39, 0.29) is 0 Å². The summed E-state index contributed by atoms with van der Waals surface area (Å²) in [6, 6.07) is 14.6. The van der Waals surface area contributed by atoms with Crippen LogP contribution in [0.3, 0.4) is 0 Å². The molecule has 0 fully saturated rings. The van der Waals surface area contributed by atoms with Crippen molar-refractivity contribution in [2.24, 2.45) is 11.8 Å². The lowest BCUT2D eigenvalue weighted by molar-refractivity contribution is 0.526. The van der Waals surface area contributed by atoms with Crippen molar-refractivity contribution in [3.8, 4) is 0 Å². The Hall–Kier alpha value is -2.59. The normalized spacial score (nSPS) is 22.1. The Kier molecular flexibility index (Phi) is 5.94. The summed E-state index contributed by atoms with van der Waals surface area (Å²) in [6.45, 7) is 6.53. The summed E-state index contributed by atoms with van der Waals surface area (Å²) < 4.78 is 26.2. The first kappa shape index (κ1) is 21.6. The average Bonchev–Trinajstić information content (AvgIpc) is 2.84. The summed E-state index contributed by atoms with van der Waals surface area (Å²) in [5.41, 5.74) is 9.75. The highest BCUT2D eigenvalue weighted by molar-refractivity contribution is 7.92. The third-order valence-electron chi connectivity index (χ3n) is 6.33. The molecule has 162 valence electrons. The van der Waals surface area contributed by atoms with Crippen molar-refractivity contribution >= 4 is 26.9 Å². The van der Waals surface area contributed by atoms with Crippen molar-refractivity contribution in [2.45, 2.75) is 40.0 Å². The first-order valence-corrected chi connectivity index (χ1v) is 12.9. The van der Waals surface area contributed by atoms with Crippen molar-refractivity contribution in [3.63, 3.8) is 0 Å². The number of hydrogen-bond acceptors (Lipinski definition) is 2. The van der Waals surface area contributed by atoms with Gasteiger partial charge < -0.3 is 0 Å². The Morgan fingerprint density at radius 2 is 1.94 bits per heavy atom. The van der Waals surface area contributed by atoms with E-state index in [1.54, 1.807) is 0 Å². The molecule has 2 aromatic carbocycles. The van der Waals surface area contributed by atoms with Gasteiger partial charge in [0.15, 0.2) is 0 Å². The van der Waals surface area contributed by atoms with Gasteiger partial charge in [0, 0.05) is 11.6 Å². The molecule has 0 heterocycles. The molecule has 0 saturated carbocycles. The molecule has 4 rings (SSSR count). The Morgan fingerprint density at radius 1 is 1.13 bits per heavy atom. The van der Waals surface area contributed by atoms with Gasteiger partial charge in [-0.05, 0) is 79.0 Å². The number of allylic oxidation sites excluding steroid dienone is 6. The van der Waals surface area contributed by atoms with Crippen LogP contribution in [0.25, 0.3) is 11.1 Å². The van der Waals surface area contributed by atoms with E-state index in [0.29, 0.717) is 17.5 Å². The molecule has 2 aliphatic rings. The Balaban J connectivity index is 1.94. The molecule has 0 amide bonds. The summed E-state index contributed by atoms with van der Waals surface area (Å²) in [6.07, 6.45) is 11.3. The first-order chi connectivity index (χ1) is 14.7. The van der Waals surface area contributed by atoms with Gasteiger partial charge >= 0.3 is 0 Å². The number of fused-ring (bicyclic) bond motifs is 2. The zero-order chi connectivity index (χ0) is 22.2. The van der Waals surface area contributed by atoms with Crippen LogP contribution in [0, 0.1) is 18.8 Å². The Labute approximate surface area is 186 Å². The van der Waals surface area contributed by atoms with Gasteiger partial charge in [-0.2, -0.15) is 0 Å². The third kappa shape index (κ3) is 4.69. The van der Waals surface area contributed by atoms with E-state index in [9.17, 15) is 8.42 Å². The van der Waals surface area contributed by atoms with Crippen molar-refractivity contribution in [3.05, 3.63) is 88.5 Å². The number of hydrogen-bond donors (Lipinski definition) is 1. The predicted molar refractivity (Wildman–Crippen MR) is 131 cm³/mol. The molecule has 0 saturated heterocycles. The van der Waals surface area contributed by atoms with Crippen LogP contribution in [0.15, 0.2) is 66.3 Å². The monoisotopic (exact) mass is 433 g/mol. The highest BCUT2D eigenvalue weighted by Crippen LogP contribution is 2.46. The highest BCUT2D eigenvalue weighted by atomic mass is 32.2. The fraction of sp³-hybridized carbons (Fsp3) is 0.333. The minimum Gasteiger partial charge on any atom is -0.284 e. The van der Waals surface area contributed by atoms with Crippen LogP contribution >= 0.6 is 0 Å². The maximum Gasteiger partial charge on any atom is 0.229 e. The molecule has 0 aliphatic heterocycles. The number of anilines is 1. The molecule has 2 aromatic rings. The maximum atomic E-state index is 11.8. The second kappa shape index (κ2) is 8.51. The quantitative estimate of drug-likeness (QED) is 0.608. The Morgan fingerprint density at radius 3 is 2.68 bits per heavy atom. The van der Waals surface area contributed by atoms with E-state index in [2.05, 4.69) is 68.0 Å². The minimum atomic E-state index is -3.32. The van der Waals surface area contributed by atoms with Crippen LogP contribution in [-0.4, -0.2) is 14.7 Å². The van der Waals surface area contributed by atoms with Gasteiger partial charge in [-0.1, -0.05) is 66.6 Å². The Bertz CT molecular complexity index is 1200. The minimum absolute atomic E-state index is 0.328. The van der Waals surface area contributed by atoms with Gasteiger partial charge in [-0.3, -0.25) is 4.72 Å². The lowest BCUT2D eigenvalue weighted by Gasteiger charge is -2.28. The van der Waals surface area contributed by atoms with Gasteiger partial charge in [0.1, 0.15) is 0 Å². The summed E-state index contributed by atoms with van der Waals surface area (Å²) in [4.78, 5) is 0. The van der Waals surface area contributed by atoms with Crippen LogP contribution in [0.2, 0.25) is 0 Å². The molecule has 2 atom stereocenters. The standard InChI is InChI=1S/C27H31NO2S/c1-5-24(20-7-6-8-23(17-20)28-31(4,29)30)27-25-13-9-18(2)15-21(25)11-12-22-16-19(3)10-14-26(22)27/h6-10,13-17,21,25,28H,5,11-12H2,1-4H3/b27-24-. The van der Waals surface area contributed by atoms with Crippen LogP contribution in [-0.2, 0) is 16.4 Å². The maximum absolute atomic E-state index is 11.8. The first-order valence-electron chi connectivity index (χ1n) is 11.0. The summed E-state index contributed by atoms with van der Waals surface area (Å²) in [7, 11) is -3.32. The van der Waals surface area contributed by atoms with Gasteiger partial charge in [-0.25, -0.2) is 8.42 Å². The van der Waals surface area contributed by atoms with Gasteiger partial charge in [0.2, 0.25) is 10.0 Å². The van der Waals surface area contributed by atoms with Gasteiger partial charge in [-0.15, -0.1) is 0 Å². The molecule has 1 N–H and O–H groups in total. The highest BCUT2D eigenvalue weighted by Gasteiger charge is 2.31. The second-order valence-electron chi connectivity index (χ2n) is 8.86. The molecule has 0 radical (unpaired) electrons. The number of sulfonamides is 1. The van der Waals surface area contributed by atoms with Crippen LogP contribution in [0.4, 0.5) is 5.69 Å². The molecule has 0 bridgehead atoms. The van der Waals surface area contributed by atoms with Crippen LogP contribution in [0.5, 0.6) is 0 Å². The van der Waals surface area contributed by atoms with Crippen LogP contribution < -0.4 is 4.72 Å². The van der Waals surface area contributed by atoms with E-state index in [1.165, 1.54) is 39.7 Å². The van der Waals surface area contributed by atoms with Crippen molar-refractivity contribution in [1.82, 2.24) is 0 Å². The van der Waals surface area contributed by atoms with Crippen molar-refractivity contribution < 1.29 is 8.42 Å². The molecular weight excluding hydrogens is 402 g/mol. The largest absolute Gasteiger partial charge is 0.284 e. The summed E-state index contributed by atoms with van der Waals surface area (Å²) in [5, 5.41) is 0. The van der Waals surface area contributed by atoms with Gasteiger partial charge in [0.05, 0.1) is 6.26 Å². The van der Waals surface area contributed by atoms with Gasteiger partial charge in [0.25, 0.3) is 0 Å². The van der Waals surface area contributed by atoms with E-state index < -0.39 is 10.0 Å². The molecular formula is C27H31NO2S. The predicted octanol–water partition coefficient (Wildman–Crippen LogP) is 6.38. The zero-order valence-electron chi connectivity index (χ0n) is 18.8. The average molecular weight is 434 g/mol. The lowest BCUT2D eigenvalue weighted by atomic mass is 9.75. The molecule has 0 spiro atoms. The molecule has 4 heteroatoms. The molecule has 31 heavy (non-hydrogen) atoms. The van der Waals surface area contributed by atoms with E-state index in [0.717, 1.165) is 24.8 Å². The van der Waals surface area contributed by atoms with Crippen molar-refractivity contribution in [1.29, 1.82) is 0 Å². The second-order valence-corrected chi connectivity index (χ2v) is 10.6. The van der Waals surface area contributed by atoms with Crippen LogP contribution in [0.1, 0.15) is 48.9 Å². The smallest absolute Gasteiger partial charge is 0.229 e. The number of aryl methyl sites for hydroxylation is 2. The zero-order valence-corrected chi connectivity index (χ0v) is 19.6. The topological polar surface area (TPSA) is 46.2 Å². The van der Waals surface area contributed by atoms with E-state index >= 15 is 0 Å². The summed E-state index contributed by atoms with van der Waals surface area (Å²) in [5.74, 6) is 0.806. The molecule has 2 unspecified atom stereocenters. The van der Waals surface area contributed by atoms with Crippen molar-refractivity contribution in [2.75, 3.05) is 11.0 Å². The fourth-order valence-corrected chi connectivity index (χ4v) is 5.62. The molecule has 3 nitrogen and oxygen atoms in total. The number of rotatable bonds is 4. The SMILES string of the molecule is CC/C(=C1/c2ccc(C)cc2CCC2C=C(C)C=CC12)c1cccc(NS(C)(=O)=O)c1. The lowest BCUT2D eigenvalue weighted by Crippen LogP contribution is -2.15. The number of benzene rings is 2. The van der Waals surface area contributed by atoms with E-state index in [1.807, 2.05) is 18.2 Å². The fourth-order valence-electron chi connectivity index (χ4n) is 5.06. The molecule has 0 aromatic heterocycles. The van der Waals surface area contributed by atoms with E-state index in [4.69, 9.17) is 0 Å². The number of nitrogens with one attached hydrogen (secondary N) is 1. The molecule has 2 aliphatic carbocycles. The summed E-state index contributed by atoms with van der Waals surface area (Å²) >= 11 is 0.